The van der Waals surface area contributed by atoms with Crippen LogP contribution in [0.2, 0.25) is 0 Å². The second kappa shape index (κ2) is 7.53. The molecule has 0 aliphatic rings. The minimum absolute atomic E-state index is 0.174. The highest BCUT2D eigenvalue weighted by molar-refractivity contribution is 6.09. The van der Waals surface area contributed by atoms with Crippen LogP contribution in [0.5, 0.6) is 11.5 Å². The Morgan fingerprint density at radius 1 is 0.760 bits per heavy atom. The fourth-order valence-corrected chi connectivity index (χ4v) is 2.74. The van der Waals surface area contributed by atoms with Gasteiger partial charge in [0, 0.05) is 16.8 Å². The number of nitrogens with one attached hydrogen (secondary N) is 1. The van der Waals surface area contributed by atoms with Crippen molar-refractivity contribution in [2.75, 3.05) is 19.5 Å². The molecule has 0 fully saturated rings. The van der Waals surface area contributed by atoms with Crippen LogP contribution in [0.15, 0.2) is 72.8 Å². The molecule has 0 saturated carbocycles. The third kappa shape index (κ3) is 3.48. The fourth-order valence-electron chi connectivity index (χ4n) is 2.74. The maximum atomic E-state index is 12.8. The summed E-state index contributed by atoms with van der Waals surface area (Å²) in [5.41, 5.74) is 2.91. The smallest absolute Gasteiger partial charge is 0.256 e. The van der Waals surface area contributed by atoms with Gasteiger partial charge in [-0.15, -0.1) is 0 Å². The third-order valence-electron chi connectivity index (χ3n) is 3.90. The van der Waals surface area contributed by atoms with Crippen molar-refractivity contribution in [2.24, 2.45) is 0 Å². The van der Waals surface area contributed by atoms with E-state index in [2.05, 4.69) is 5.32 Å². The summed E-state index contributed by atoms with van der Waals surface area (Å²) in [6.07, 6.45) is 0. The summed E-state index contributed by atoms with van der Waals surface area (Å²) in [7, 11) is 3.18. The zero-order valence-electron chi connectivity index (χ0n) is 14.2. The molecule has 4 heteroatoms. The summed E-state index contributed by atoms with van der Waals surface area (Å²) in [4.78, 5) is 12.8. The van der Waals surface area contributed by atoms with Gasteiger partial charge in [-0.2, -0.15) is 0 Å². The standard InChI is InChI=1S/C21H19NO3/c1-24-19-14-8-13-17(20(19)25-2)16-11-6-7-12-18(16)21(23)22-15-9-4-3-5-10-15/h3-14H,1-2H3,(H,22,23). The Morgan fingerprint density at radius 2 is 1.44 bits per heavy atom. The van der Waals surface area contributed by atoms with Gasteiger partial charge >= 0.3 is 0 Å². The first-order valence-corrected chi connectivity index (χ1v) is 7.91. The second-order valence-electron chi connectivity index (χ2n) is 5.41. The quantitative estimate of drug-likeness (QED) is 0.741. The van der Waals surface area contributed by atoms with Gasteiger partial charge < -0.3 is 14.8 Å². The van der Waals surface area contributed by atoms with E-state index in [1.165, 1.54) is 0 Å². The van der Waals surface area contributed by atoms with Crippen molar-refractivity contribution < 1.29 is 14.3 Å². The predicted molar refractivity (Wildman–Crippen MR) is 99.4 cm³/mol. The molecule has 0 aliphatic carbocycles. The molecule has 0 aliphatic heterocycles. The SMILES string of the molecule is COc1cccc(-c2ccccc2C(=O)Nc2ccccc2)c1OC. The van der Waals surface area contributed by atoms with Gasteiger partial charge in [-0.05, 0) is 29.8 Å². The summed E-state index contributed by atoms with van der Waals surface area (Å²) in [5, 5.41) is 2.92. The minimum Gasteiger partial charge on any atom is -0.493 e. The van der Waals surface area contributed by atoms with Crippen molar-refractivity contribution in [3.05, 3.63) is 78.4 Å². The van der Waals surface area contributed by atoms with E-state index in [0.29, 0.717) is 17.1 Å². The fraction of sp³-hybridized carbons (Fsp3) is 0.0952. The normalized spacial score (nSPS) is 10.2. The van der Waals surface area contributed by atoms with Crippen LogP contribution < -0.4 is 14.8 Å². The van der Waals surface area contributed by atoms with Gasteiger partial charge in [-0.25, -0.2) is 0 Å². The van der Waals surface area contributed by atoms with Crippen LogP contribution >= 0.6 is 0 Å². The van der Waals surface area contributed by atoms with Crippen LogP contribution in [0.1, 0.15) is 10.4 Å². The summed E-state index contributed by atoms with van der Waals surface area (Å²) in [5.74, 6) is 1.05. The predicted octanol–water partition coefficient (Wildman–Crippen LogP) is 4.62. The van der Waals surface area contributed by atoms with E-state index in [4.69, 9.17) is 9.47 Å². The second-order valence-corrected chi connectivity index (χ2v) is 5.41. The molecule has 3 aromatic carbocycles. The zero-order chi connectivity index (χ0) is 17.6. The maximum absolute atomic E-state index is 12.8. The first kappa shape index (κ1) is 16.6. The monoisotopic (exact) mass is 333 g/mol. The Balaban J connectivity index is 2.04. The number of anilines is 1. The lowest BCUT2D eigenvalue weighted by Crippen LogP contribution is -2.13. The van der Waals surface area contributed by atoms with E-state index < -0.39 is 0 Å². The number of carbonyl (C=O) groups excluding carboxylic acids is 1. The Kier molecular flexibility index (Phi) is 5.00. The molecule has 4 nitrogen and oxygen atoms in total. The highest BCUT2D eigenvalue weighted by atomic mass is 16.5. The number of para-hydroxylation sites is 2. The molecule has 126 valence electrons. The van der Waals surface area contributed by atoms with Gasteiger partial charge in [-0.3, -0.25) is 4.79 Å². The molecule has 0 atom stereocenters. The number of carbonyl (C=O) groups is 1. The van der Waals surface area contributed by atoms with Gasteiger partial charge in [0.05, 0.1) is 14.2 Å². The first-order chi connectivity index (χ1) is 12.2. The highest BCUT2D eigenvalue weighted by Crippen LogP contribution is 2.39. The van der Waals surface area contributed by atoms with Crippen LogP contribution in [0, 0.1) is 0 Å². The van der Waals surface area contributed by atoms with Crippen LogP contribution in [0.25, 0.3) is 11.1 Å². The lowest BCUT2D eigenvalue weighted by Gasteiger charge is -2.15. The minimum atomic E-state index is -0.174. The van der Waals surface area contributed by atoms with Crippen molar-refractivity contribution in [3.63, 3.8) is 0 Å². The molecule has 3 rings (SSSR count). The number of amides is 1. The lowest BCUT2D eigenvalue weighted by atomic mass is 9.98. The van der Waals surface area contributed by atoms with E-state index in [1.807, 2.05) is 66.7 Å². The molecule has 0 aromatic heterocycles. The third-order valence-corrected chi connectivity index (χ3v) is 3.90. The average molecular weight is 333 g/mol. The van der Waals surface area contributed by atoms with Crippen molar-refractivity contribution in [1.82, 2.24) is 0 Å². The molecule has 25 heavy (non-hydrogen) atoms. The molecular weight excluding hydrogens is 314 g/mol. The Bertz CT molecular complexity index is 875. The number of methoxy groups -OCH3 is 2. The zero-order valence-corrected chi connectivity index (χ0v) is 14.2. The van der Waals surface area contributed by atoms with Gasteiger partial charge in [0.25, 0.3) is 5.91 Å². The van der Waals surface area contributed by atoms with E-state index in [-0.39, 0.29) is 5.91 Å². The highest BCUT2D eigenvalue weighted by Gasteiger charge is 2.17. The van der Waals surface area contributed by atoms with Gasteiger partial charge in [0.15, 0.2) is 11.5 Å². The van der Waals surface area contributed by atoms with Crippen molar-refractivity contribution >= 4 is 11.6 Å². The molecule has 0 bridgehead atoms. The van der Waals surface area contributed by atoms with E-state index >= 15 is 0 Å². The summed E-state index contributed by atoms with van der Waals surface area (Å²) < 4.78 is 10.9. The molecule has 3 aromatic rings. The molecular formula is C21H19NO3. The largest absolute Gasteiger partial charge is 0.493 e. The Morgan fingerprint density at radius 3 is 2.16 bits per heavy atom. The van der Waals surface area contributed by atoms with E-state index in [1.54, 1.807) is 20.3 Å². The van der Waals surface area contributed by atoms with Gasteiger partial charge in [0.1, 0.15) is 0 Å². The number of hydrogen-bond donors (Lipinski definition) is 1. The number of ether oxygens (including phenoxy) is 2. The van der Waals surface area contributed by atoms with E-state index in [0.717, 1.165) is 16.8 Å². The number of hydrogen-bond acceptors (Lipinski definition) is 3. The first-order valence-electron chi connectivity index (χ1n) is 7.91. The molecule has 1 N–H and O–H groups in total. The molecule has 0 spiro atoms. The van der Waals surface area contributed by atoms with Crippen LogP contribution in [-0.2, 0) is 0 Å². The molecule has 0 unspecified atom stereocenters. The Hall–Kier alpha value is -3.27. The summed E-state index contributed by atoms with van der Waals surface area (Å²) in [6, 6.07) is 22.4. The van der Waals surface area contributed by atoms with Crippen molar-refractivity contribution in [2.45, 2.75) is 0 Å². The van der Waals surface area contributed by atoms with Crippen molar-refractivity contribution in [1.29, 1.82) is 0 Å². The molecule has 0 radical (unpaired) electrons. The van der Waals surface area contributed by atoms with Crippen LogP contribution in [0.3, 0.4) is 0 Å². The average Bonchev–Trinajstić information content (AvgIpc) is 2.68. The summed E-state index contributed by atoms with van der Waals surface area (Å²) >= 11 is 0. The van der Waals surface area contributed by atoms with Gasteiger partial charge in [0.2, 0.25) is 0 Å². The molecule has 0 heterocycles. The van der Waals surface area contributed by atoms with Crippen LogP contribution in [-0.4, -0.2) is 20.1 Å². The van der Waals surface area contributed by atoms with Crippen LogP contribution in [0.4, 0.5) is 5.69 Å². The number of benzene rings is 3. The molecule has 0 saturated heterocycles. The molecule has 1 amide bonds. The van der Waals surface area contributed by atoms with Crippen molar-refractivity contribution in [3.8, 4) is 22.6 Å². The topological polar surface area (TPSA) is 47.6 Å². The maximum Gasteiger partial charge on any atom is 0.256 e. The van der Waals surface area contributed by atoms with E-state index in [9.17, 15) is 4.79 Å². The summed E-state index contributed by atoms with van der Waals surface area (Å²) in [6.45, 7) is 0. The number of rotatable bonds is 5. The van der Waals surface area contributed by atoms with Gasteiger partial charge in [-0.1, -0.05) is 48.5 Å². The Labute approximate surface area is 147 Å². The lowest BCUT2D eigenvalue weighted by molar-refractivity contribution is 0.102.